The van der Waals surface area contributed by atoms with Crippen LogP contribution in [-0.4, -0.2) is 31.3 Å². The lowest BCUT2D eigenvalue weighted by molar-refractivity contribution is 0.0816. The van der Waals surface area contributed by atoms with E-state index in [4.69, 9.17) is 0 Å². The average Bonchev–Trinajstić information content (AvgIpc) is 3.41. The number of halogens is 1. The Morgan fingerprint density at radius 3 is 2.45 bits per heavy atom. The molecule has 0 bridgehead atoms. The number of hydrogen-bond acceptors (Lipinski definition) is 5. The van der Waals surface area contributed by atoms with Gasteiger partial charge < -0.3 is 4.90 Å². The van der Waals surface area contributed by atoms with Crippen LogP contribution < -0.4 is 4.72 Å². The smallest absolute Gasteiger partial charge is 0.279 e. The first-order chi connectivity index (χ1) is 15.8. The predicted molar refractivity (Wildman–Crippen MR) is 126 cm³/mol. The second-order valence-corrected chi connectivity index (χ2v) is 10.4. The summed E-state index contributed by atoms with van der Waals surface area (Å²) >= 11 is 1.50. The highest BCUT2D eigenvalue weighted by molar-refractivity contribution is 7.92. The number of rotatable bonds is 5. The number of carbonyl (C=O) groups is 1. The van der Waals surface area contributed by atoms with Gasteiger partial charge in [-0.25, -0.2) is 9.37 Å². The van der Waals surface area contributed by atoms with E-state index in [-0.39, 0.29) is 16.6 Å². The summed E-state index contributed by atoms with van der Waals surface area (Å²) in [4.78, 5) is 19.5. The molecular formula is C24H18FN3O3S2. The molecule has 0 fully saturated rings. The van der Waals surface area contributed by atoms with E-state index in [1.165, 1.54) is 35.7 Å². The zero-order valence-corrected chi connectivity index (χ0v) is 19.1. The molecule has 1 aliphatic rings. The fraction of sp³-hybridized carbons (Fsp3) is 0.0833. The van der Waals surface area contributed by atoms with Crippen LogP contribution >= 0.6 is 11.3 Å². The minimum atomic E-state index is -4.02. The number of nitrogens with one attached hydrogen (secondary N) is 1. The third-order valence-electron chi connectivity index (χ3n) is 5.39. The first-order valence-corrected chi connectivity index (χ1v) is 12.3. The van der Waals surface area contributed by atoms with Crippen molar-refractivity contribution in [3.05, 3.63) is 89.9 Å². The number of hydrogen-bond donors (Lipinski definition) is 1. The minimum absolute atomic E-state index is 0.0235. The molecule has 1 amide bonds. The van der Waals surface area contributed by atoms with Crippen LogP contribution in [0.15, 0.2) is 78.0 Å². The Labute approximate surface area is 194 Å². The summed E-state index contributed by atoms with van der Waals surface area (Å²) in [5.74, 6) is -0.655. The quantitative estimate of drug-likeness (QED) is 0.437. The second-order valence-electron chi connectivity index (χ2n) is 7.67. The molecule has 0 saturated heterocycles. The molecule has 0 saturated carbocycles. The van der Waals surface area contributed by atoms with Crippen molar-refractivity contribution in [3.8, 4) is 20.9 Å². The first kappa shape index (κ1) is 21.3. The average molecular weight is 480 g/mol. The van der Waals surface area contributed by atoms with E-state index in [0.717, 1.165) is 26.4 Å². The number of benzene rings is 2. The maximum absolute atomic E-state index is 14.4. The Hall–Kier alpha value is -3.56. The van der Waals surface area contributed by atoms with Crippen molar-refractivity contribution in [3.63, 3.8) is 0 Å². The highest BCUT2D eigenvalue weighted by Gasteiger charge is 2.24. The van der Waals surface area contributed by atoms with Crippen LogP contribution in [0.4, 0.5) is 10.1 Å². The van der Waals surface area contributed by atoms with Gasteiger partial charge in [0.25, 0.3) is 15.9 Å². The van der Waals surface area contributed by atoms with E-state index in [2.05, 4.69) is 9.71 Å². The van der Waals surface area contributed by atoms with Gasteiger partial charge in [-0.05, 0) is 65.2 Å². The highest BCUT2D eigenvalue weighted by Crippen LogP contribution is 2.37. The fourth-order valence-electron chi connectivity index (χ4n) is 3.73. The van der Waals surface area contributed by atoms with Gasteiger partial charge in [0.15, 0.2) is 5.03 Å². The lowest BCUT2D eigenvalue weighted by Gasteiger charge is -2.09. The molecule has 0 spiro atoms. The molecule has 9 heteroatoms. The summed E-state index contributed by atoms with van der Waals surface area (Å²) in [6, 6.07) is 18.5. The number of nitrogens with zero attached hydrogens (tertiary/aromatic N) is 2. The Morgan fingerprint density at radius 2 is 1.73 bits per heavy atom. The summed E-state index contributed by atoms with van der Waals surface area (Å²) < 4.78 is 41.8. The summed E-state index contributed by atoms with van der Waals surface area (Å²) in [5, 5.41) is -0.186. The molecule has 2 aromatic heterocycles. The number of anilines is 1. The van der Waals surface area contributed by atoms with Gasteiger partial charge in [0.05, 0.1) is 5.69 Å². The zero-order valence-electron chi connectivity index (χ0n) is 17.4. The monoisotopic (exact) mass is 479 g/mol. The number of sulfonamides is 1. The van der Waals surface area contributed by atoms with Crippen LogP contribution in [0.5, 0.6) is 0 Å². The van der Waals surface area contributed by atoms with Gasteiger partial charge in [0.2, 0.25) is 0 Å². The Kier molecular flexibility index (Phi) is 5.22. The molecule has 0 unspecified atom stereocenters. The summed E-state index contributed by atoms with van der Waals surface area (Å²) in [7, 11) is -2.24. The molecule has 5 rings (SSSR count). The number of aromatic nitrogens is 1. The van der Waals surface area contributed by atoms with Crippen molar-refractivity contribution in [2.75, 3.05) is 11.8 Å². The van der Waals surface area contributed by atoms with Gasteiger partial charge in [-0.15, -0.1) is 11.3 Å². The van der Waals surface area contributed by atoms with Crippen molar-refractivity contribution >= 4 is 33.0 Å². The van der Waals surface area contributed by atoms with E-state index in [1.807, 2.05) is 30.3 Å². The molecule has 0 radical (unpaired) electrons. The van der Waals surface area contributed by atoms with E-state index in [9.17, 15) is 17.6 Å². The number of thiophene rings is 1. The molecule has 166 valence electrons. The van der Waals surface area contributed by atoms with Gasteiger partial charge in [-0.1, -0.05) is 18.2 Å². The summed E-state index contributed by atoms with van der Waals surface area (Å²) in [6.45, 7) is 0.581. The summed E-state index contributed by atoms with van der Waals surface area (Å²) in [6.07, 6.45) is 1.36. The van der Waals surface area contributed by atoms with Gasteiger partial charge >= 0.3 is 0 Å². The maximum Gasteiger partial charge on any atom is 0.279 e. The number of amides is 1. The van der Waals surface area contributed by atoms with Crippen molar-refractivity contribution in [2.45, 2.75) is 11.6 Å². The minimum Gasteiger partial charge on any atom is -0.337 e. The summed E-state index contributed by atoms with van der Waals surface area (Å²) in [5.41, 5.74) is 3.24. The molecule has 6 nitrogen and oxygen atoms in total. The third kappa shape index (κ3) is 4.01. The van der Waals surface area contributed by atoms with E-state index < -0.39 is 15.8 Å². The van der Waals surface area contributed by atoms with Gasteiger partial charge in [0, 0.05) is 35.1 Å². The van der Waals surface area contributed by atoms with E-state index >= 15 is 0 Å². The van der Waals surface area contributed by atoms with Crippen LogP contribution in [0.25, 0.3) is 20.9 Å². The van der Waals surface area contributed by atoms with Crippen LogP contribution in [-0.2, 0) is 16.6 Å². The number of pyridine rings is 1. The van der Waals surface area contributed by atoms with Crippen LogP contribution in [0.3, 0.4) is 0 Å². The Bertz CT molecular complexity index is 1480. The van der Waals surface area contributed by atoms with Crippen molar-refractivity contribution in [1.29, 1.82) is 0 Å². The lowest BCUT2D eigenvalue weighted by atomic mass is 10.1. The molecule has 33 heavy (non-hydrogen) atoms. The van der Waals surface area contributed by atoms with Crippen LogP contribution in [0.2, 0.25) is 0 Å². The van der Waals surface area contributed by atoms with Crippen molar-refractivity contribution in [2.24, 2.45) is 0 Å². The van der Waals surface area contributed by atoms with E-state index in [0.29, 0.717) is 12.1 Å². The van der Waals surface area contributed by atoms with Gasteiger partial charge in [0.1, 0.15) is 5.82 Å². The SMILES string of the molecule is CN1Cc2cc(-c3ccc(-c4ccc(F)c(NS(=O)(=O)c5ccccn5)c4)s3)ccc2C1=O. The second kappa shape index (κ2) is 8.09. The first-order valence-electron chi connectivity index (χ1n) is 10.0. The molecule has 0 atom stereocenters. The van der Waals surface area contributed by atoms with E-state index in [1.54, 1.807) is 30.1 Å². The number of fused-ring (bicyclic) bond motifs is 1. The lowest BCUT2D eigenvalue weighted by Crippen LogP contribution is -2.17. The zero-order chi connectivity index (χ0) is 23.2. The predicted octanol–water partition coefficient (Wildman–Crippen LogP) is 5.00. The Balaban J connectivity index is 1.44. The van der Waals surface area contributed by atoms with Crippen LogP contribution in [0.1, 0.15) is 15.9 Å². The molecular weight excluding hydrogens is 461 g/mol. The van der Waals surface area contributed by atoms with Gasteiger partial charge in [-0.3, -0.25) is 9.52 Å². The number of carbonyl (C=O) groups excluding carboxylic acids is 1. The van der Waals surface area contributed by atoms with Gasteiger partial charge in [-0.2, -0.15) is 8.42 Å². The Morgan fingerprint density at radius 1 is 1.00 bits per heavy atom. The normalized spacial score (nSPS) is 13.3. The molecule has 4 aromatic rings. The fourth-order valence-corrected chi connectivity index (χ4v) is 5.73. The topological polar surface area (TPSA) is 79.4 Å². The van der Waals surface area contributed by atoms with Crippen molar-refractivity contribution < 1.29 is 17.6 Å². The largest absolute Gasteiger partial charge is 0.337 e. The molecule has 3 heterocycles. The molecule has 2 aromatic carbocycles. The van der Waals surface area contributed by atoms with Crippen molar-refractivity contribution in [1.82, 2.24) is 9.88 Å². The molecule has 1 N–H and O–H groups in total. The highest BCUT2D eigenvalue weighted by atomic mass is 32.2. The molecule has 1 aliphatic heterocycles. The molecule has 0 aliphatic carbocycles. The maximum atomic E-state index is 14.4. The van der Waals surface area contributed by atoms with Crippen LogP contribution in [0, 0.1) is 5.82 Å². The standard InChI is InChI=1S/C24H18FN3O3S2/c1-28-14-17-12-15(5-7-18(17)24(28)29)21-9-10-22(32-21)16-6-8-19(25)20(13-16)27-33(30,31)23-4-2-3-11-26-23/h2-13,27H,14H2,1H3. The third-order valence-corrected chi connectivity index (χ3v) is 7.85.